The molecule has 1 saturated heterocycles. The second-order valence-corrected chi connectivity index (χ2v) is 14.9. The van der Waals surface area contributed by atoms with Crippen LogP contribution in [0.1, 0.15) is 72.5 Å². The molecule has 3 aromatic rings. The van der Waals surface area contributed by atoms with Crippen LogP contribution in [0.2, 0.25) is 0 Å². The Morgan fingerprint density at radius 3 is 1.71 bits per heavy atom. The van der Waals surface area contributed by atoms with E-state index >= 15 is 0 Å². The van der Waals surface area contributed by atoms with E-state index in [9.17, 15) is 24.0 Å². The van der Waals surface area contributed by atoms with Crippen LogP contribution in [-0.2, 0) is 30.7 Å². The highest BCUT2D eigenvalue weighted by Gasteiger charge is 2.49. The van der Waals surface area contributed by atoms with E-state index in [1.165, 1.54) is 12.1 Å². The van der Waals surface area contributed by atoms with E-state index in [0.29, 0.717) is 28.5 Å². The van der Waals surface area contributed by atoms with Gasteiger partial charge in [0.15, 0.2) is 0 Å². The summed E-state index contributed by atoms with van der Waals surface area (Å²) < 4.78 is 4.71. The van der Waals surface area contributed by atoms with Gasteiger partial charge in [0.05, 0.1) is 27.8 Å². The van der Waals surface area contributed by atoms with Gasteiger partial charge in [-0.3, -0.25) is 29.4 Å². The number of rotatable bonds is 10. The minimum Gasteiger partial charge on any atom is -0.388 e. The van der Waals surface area contributed by atoms with Crippen LogP contribution in [0, 0.1) is 10.8 Å². The highest BCUT2D eigenvalue weighted by Crippen LogP contribution is 2.41. The second kappa shape index (κ2) is 13.6. The van der Waals surface area contributed by atoms with E-state index in [4.69, 9.17) is 11.1 Å². The van der Waals surface area contributed by atoms with Gasteiger partial charge in [-0.1, -0.05) is 20.8 Å². The number of amidine groups is 1. The number of aromatic nitrogens is 3. The number of hydrogen-bond acceptors (Lipinski definition) is 7. The Balaban J connectivity index is 1.40. The van der Waals surface area contributed by atoms with Crippen LogP contribution in [0.25, 0.3) is 0 Å². The maximum Gasteiger partial charge on any atom is 0.272 e. The smallest absolute Gasteiger partial charge is 0.272 e. The van der Waals surface area contributed by atoms with Crippen LogP contribution in [0.15, 0.2) is 36.8 Å². The second-order valence-electron chi connectivity index (χ2n) is 13.3. The van der Waals surface area contributed by atoms with Crippen LogP contribution >= 0.6 is 11.8 Å². The van der Waals surface area contributed by atoms with Crippen molar-refractivity contribution >= 4 is 64.2 Å². The largest absolute Gasteiger partial charge is 0.388 e. The molecule has 5 amide bonds. The number of carbonyl (C=O) groups is 5. The van der Waals surface area contributed by atoms with Crippen molar-refractivity contribution in [2.45, 2.75) is 52.0 Å². The predicted octanol–water partition coefficient (Wildman–Crippen LogP) is 2.93. The van der Waals surface area contributed by atoms with Gasteiger partial charge >= 0.3 is 0 Å². The summed E-state index contributed by atoms with van der Waals surface area (Å²) in [5, 5.41) is 18.4. The van der Waals surface area contributed by atoms with Crippen molar-refractivity contribution in [2.75, 3.05) is 28.2 Å². The molecule has 0 radical (unpaired) electrons. The number of nitrogens with two attached hydrogens (primary N) is 1. The summed E-state index contributed by atoms with van der Waals surface area (Å²) in [6, 6.07) is 3.94. The molecule has 0 saturated carbocycles. The van der Waals surface area contributed by atoms with E-state index < -0.39 is 28.1 Å². The molecule has 0 spiro atoms. The van der Waals surface area contributed by atoms with Crippen LogP contribution in [0.5, 0.6) is 0 Å². The monoisotopic (exact) mass is 680 g/mol. The Kier molecular flexibility index (Phi) is 10.2. The van der Waals surface area contributed by atoms with Gasteiger partial charge in [-0.15, -0.1) is 11.8 Å². The number of nitrogens with zero attached hydrogens (tertiary/aromatic N) is 4. The molecule has 15 nitrogen and oxygen atoms in total. The molecular weight excluding hydrogens is 636 g/mol. The first-order valence-electron chi connectivity index (χ1n) is 15.3. The van der Waals surface area contributed by atoms with Crippen molar-refractivity contribution in [3.05, 3.63) is 53.9 Å². The molecule has 48 heavy (non-hydrogen) atoms. The number of aryl methyl sites for hydroxylation is 3. The number of carbonyl (C=O) groups excluding carboxylic acids is 5. The van der Waals surface area contributed by atoms with Gasteiger partial charge in [0.1, 0.15) is 23.1 Å². The Bertz CT molecular complexity index is 1780. The molecule has 0 bridgehead atoms. The summed E-state index contributed by atoms with van der Waals surface area (Å²) >= 11 is 1.54. The molecule has 1 atom stereocenters. The maximum atomic E-state index is 13.4. The topological polar surface area (TPSA) is 201 Å². The highest BCUT2D eigenvalue weighted by molar-refractivity contribution is 8.00. The van der Waals surface area contributed by atoms with Crippen LogP contribution in [0.4, 0.5) is 17.1 Å². The summed E-state index contributed by atoms with van der Waals surface area (Å²) in [7, 11) is 5.01. The van der Waals surface area contributed by atoms with Gasteiger partial charge in [0.25, 0.3) is 17.7 Å². The zero-order chi connectivity index (χ0) is 35.7. The Morgan fingerprint density at radius 1 is 0.833 bits per heavy atom. The fourth-order valence-electron chi connectivity index (χ4n) is 5.34. The molecule has 4 rings (SSSR count). The summed E-state index contributed by atoms with van der Waals surface area (Å²) in [5.41, 5.74) is 6.70. The van der Waals surface area contributed by atoms with E-state index in [1.54, 1.807) is 76.2 Å². The van der Waals surface area contributed by atoms with Crippen LogP contribution in [-0.4, -0.2) is 77.2 Å². The zero-order valence-corrected chi connectivity index (χ0v) is 29.3. The van der Waals surface area contributed by atoms with E-state index in [0.717, 1.165) is 0 Å². The standard InChI is InChI=1S/C32H44N10O5S/c1-31(2,3)30(47)42-24(17-48-32(42,4)5)29(46)38-20-13-23(41(8)16-20)28(45)37-19-12-22(40(7)15-19)27(44)36-18-11-21(39(6)14-18)26(43)35-10-9-25(33)34/h11-16,24H,9-10,17H2,1-8H3,(H3,33,34)(H,35,43)(H,36,44)(H,37,45)(H,38,46)/t24-/m0/s1. The Hall–Kier alpha value is -4.99. The van der Waals surface area contributed by atoms with Crippen molar-refractivity contribution < 1.29 is 24.0 Å². The highest BCUT2D eigenvalue weighted by atomic mass is 32.2. The first-order valence-corrected chi connectivity index (χ1v) is 16.3. The van der Waals surface area contributed by atoms with Gasteiger partial charge in [0, 0.05) is 63.9 Å². The van der Waals surface area contributed by atoms with Crippen molar-refractivity contribution in [1.29, 1.82) is 5.41 Å². The number of thioether (sulfide) groups is 1. The molecule has 4 heterocycles. The summed E-state index contributed by atoms with van der Waals surface area (Å²) in [5.74, 6) is -1.30. The lowest BCUT2D eigenvalue weighted by Gasteiger charge is -2.38. The SMILES string of the molecule is Cn1cc(NC(=O)c2cc(NC(=O)c3cc(NC(=O)[C@@H]4CSC(C)(C)N4C(=O)C(C)(C)C)cn3C)cn2C)cc1C(=O)NCCC(=N)N. The molecule has 1 aliphatic heterocycles. The van der Waals surface area contributed by atoms with Gasteiger partial charge < -0.3 is 45.6 Å². The average Bonchev–Trinajstić information content (AvgIpc) is 3.71. The van der Waals surface area contributed by atoms with E-state index in [2.05, 4.69) is 21.3 Å². The van der Waals surface area contributed by atoms with Crippen LogP contribution in [0.3, 0.4) is 0 Å². The molecule has 258 valence electrons. The number of amides is 5. The fraction of sp³-hybridized carbons (Fsp3) is 0.438. The molecule has 1 fully saturated rings. The third kappa shape index (κ3) is 7.93. The van der Waals surface area contributed by atoms with Crippen LogP contribution < -0.4 is 27.0 Å². The minimum atomic E-state index is -0.666. The van der Waals surface area contributed by atoms with E-state index in [1.807, 2.05) is 34.6 Å². The maximum absolute atomic E-state index is 13.4. The quantitative estimate of drug-likeness (QED) is 0.140. The molecule has 7 N–H and O–H groups in total. The number of anilines is 3. The first-order chi connectivity index (χ1) is 22.3. The van der Waals surface area contributed by atoms with E-state index in [-0.39, 0.29) is 47.9 Å². The number of hydrogen-bond donors (Lipinski definition) is 6. The minimum absolute atomic E-state index is 0.0313. The first kappa shape index (κ1) is 35.9. The molecule has 1 aliphatic rings. The fourth-order valence-corrected chi connectivity index (χ4v) is 6.55. The van der Waals surface area contributed by atoms with Crippen molar-refractivity contribution in [3.8, 4) is 0 Å². The third-order valence-corrected chi connectivity index (χ3v) is 9.21. The summed E-state index contributed by atoms with van der Waals surface area (Å²) in [4.78, 5) is 66.6. The average molecular weight is 681 g/mol. The van der Waals surface area contributed by atoms with Gasteiger partial charge in [0.2, 0.25) is 11.8 Å². The third-order valence-electron chi connectivity index (χ3n) is 7.83. The Morgan fingerprint density at radius 2 is 1.27 bits per heavy atom. The lowest BCUT2D eigenvalue weighted by molar-refractivity contribution is -0.147. The summed E-state index contributed by atoms with van der Waals surface area (Å²) in [6.07, 6.45) is 5.04. The molecular formula is C32H44N10O5S. The van der Waals surface area contributed by atoms with Crippen molar-refractivity contribution in [1.82, 2.24) is 23.9 Å². The molecule has 16 heteroatoms. The zero-order valence-electron chi connectivity index (χ0n) is 28.5. The summed E-state index contributed by atoms with van der Waals surface area (Å²) in [6.45, 7) is 9.56. The van der Waals surface area contributed by atoms with Gasteiger partial charge in [-0.2, -0.15) is 0 Å². The Labute approximate surface area is 283 Å². The predicted molar refractivity (Wildman–Crippen MR) is 186 cm³/mol. The molecule has 0 unspecified atom stereocenters. The lowest BCUT2D eigenvalue weighted by atomic mass is 9.93. The van der Waals surface area contributed by atoms with Crippen molar-refractivity contribution in [2.24, 2.45) is 32.3 Å². The molecule has 0 aromatic carbocycles. The molecule has 3 aromatic heterocycles. The number of nitrogens with one attached hydrogen (secondary N) is 5. The van der Waals surface area contributed by atoms with Crippen molar-refractivity contribution in [3.63, 3.8) is 0 Å². The molecule has 0 aliphatic carbocycles. The van der Waals surface area contributed by atoms with Gasteiger partial charge in [-0.25, -0.2) is 0 Å². The lowest BCUT2D eigenvalue weighted by Crippen LogP contribution is -2.54. The normalized spacial score (nSPS) is 15.6. The van der Waals surface area contributed by atoms with Gasteiger partial charge in [-0.05, 0) is 32.0 Å².